The molecule has 0 amide bonds. The van der Waals surface area contributed by atoms with Crippen molar-refractivity contribution in [2.45, 2.75) is 19.6 Å². The highest BCUT2D eigenvalue weighted by Gasteiger charge is 2.10. The SMILES string of the molecule is Cc1csc(CNCC(O)c2ccccc2Cl)n1. The maximum atomic E-state index is 10.0. The van der Waals surface area contributed by atoms with Crippen LogP contribution in [0.4, 0.5) is 0 Å². The number of hydrogen-bond acceptors (Lipinski definition) is 4. The van der Waals surface area contributed by atoms with Crippen molar-refractivity contribution in [3.8, 4) is 0 Å². The van der Waals surface area contributed by atoms with Crippen LogP contribution in [0.25, 0.3) is 0 Å². The summed E-state index contributed by atoms with van der Waals surface area (Å²) in [6.45, 7) is 3.10. The van der Waals surface area contributed by atoms with Crippen LogP contribution in [0.5, 0.6) is 0 Å². The fourth-order valence-electron chi connectivity index (χ4n) is 1.66. The smallest absolute Gasteiger partial charge is 0.107 e. The summed E-state index contributed by atoms with van der Waals surface area (Å²) >= 11 is 7.64. The Balaban J connectivity index is 1.85. The number of rotatable bonds is 5. The lowest BCUT2D eigenvalue weighted by atomic mass is 10.1. The van der Waals surface area contributed by atoms with Crippen molar-refractivity contribution in [3.63, 3.8) is 0 Å². The molecule has 1 heterocycles. The van der Waals surface area contributed by atoms with Crippen LogP contribution in [0, 0.1) is 6.92 Å². The number of aliphatic hydroxyl groups is 1. The highest BCUT2D eigenvalue weighted by Crippen LogP contribution is 2.21. The Bertz CT molecular complexity index is 515. The summed E-state index contributed by atoms with van der Waals surface area (Å²) < 4.78 is 0. The van der Waals surface area contributed by atoms with Gasteiger partial charge in [-0.05, 0) is 13.0 Å². The molecule has 2 N–H and O–H groups in total. The summed E-state index contributed by atoms with van der Waals surface area (Å²) in [5.74, 6) is 0. The molecule has 0 saturated heterocycles. The van der Waals surface area contributed by atoms with Crippen molar-refractivity contribution >= 4 is 22.9 Å². The topological polar surface area (TPSA) is 45.1 Å². The van der Waals surface area contributed by atoms with Crippen LogP contribution in [-0.4, -0.2) is 16.6 Å². The van der Waals surface area contributed by atoms with Gasteiger partial charge in [-0.25, -0.2) is 4.98 Å². The van der Waals surface area contributed by atoms with Gasteiger partial charge in [0.1, 0.15) is 5.01 Å². The van der Waals surface area contributed by atoms with Gasteiger partial charge < -0.3 is 10.4 Å². The number of aryl methyl sites for hydroxylation is 1. The van der Waals surface area contributed by atoms with E-state index in [0.29, 0.717) is 18.1 Å². The number of hydrogen-bond donors (Lipinski definition) is 2. The highest BCUT2D eigenvalue weighted by atomic mass is 35.5. The molecular weight excluding hydrogens is 268 g/mol. The number of benzene rings is 1. The lowest BCUT2D eigenvalue weighted by Gasteiger charge is -2.12. The molecule has 2 aromatic rings. The minimum absolute atomic E-state index is 0.461. The summed E-state index contributed by atoms with van der Waals surface area (Å²) in [5.41, 5.74) is 1.78. The predicted molar refractivity (Wildman–Crippen MR) is 75.0 cm³/mol. The first kappa shape index (κ1) is 13.5. The van der Waals surface area contributed by atoms with Crippen LogP contribution in [0.3, 0.4) is 0 Å². The minimum Gasteiger partial charge on any atom is -0.387 e. The lowest BCUT2D eigenvalue weighted by molar-refractivity contribution is 0.174. The van der Waals surface area contributed by atoms with Gasteiger partial charge in [-0.2, -0.15) is 0 Å². The Morgan fingerprint density at radius 2 is 2.22 bits per heavy atom. The molecule has 0 aliphatic rings. The van der Waals surface area contributed by atoms with Gasteiger partial charge in [0.15, 0.2) is 0 Å². The molecule has 0 saturated carbocycles. The number of halogens is 1. The Hall–Kier alpha value is -0.940. The van der Waals surface area contributed by atoms with Gasteiger partial charge in [-0.1, -0.05) is 29.8 Å². The second-order valence-electron chi connectivity index (χ2n) is 4.05. The van der Waals surface area contributed by atoms with E-state index in [2.05, 4.69) is 10.3 Å². The zero-order valence-corrected chi connectivity index (χ0v) is 11.6. The quantitative estimate of drug-likeness (QED) is 0.886. The maximum Gasteiger partial charge on any atom is 0.107 e. The summed E-state index contributed by atoms with van der Waals surface area (Å²) in [7, 11) is 0. The molecular formula is C13H15ClN2OS. The van der Waals surface area contributed by atoms with E-state index in [1.807, 2.05) is 30.5 Å². The molecule has 18 heavy (non-hydrogen) atoms. The van der Waals surface area contributed by atoms with Gasteiger partial charge in [-0.3, -0.25) is 0 Å². The fraction of sp³-hybridized carbons (Fsp3) is 0.308. The maximum absolute atomic E-state index is 10.0. The van der Waals surface area contributed by atoms with Crippen molar-refractivity contribution in [3.05, 3.63) is 50.9 Å². The van der Waals surface area contributed by atoms with Gasteiger partial charge >= 0.3 is 0 Å². The van der Waals surface area contributed by atoms with Crippen molar-refractivity contribution < 1.29 is 5.11 Å². The second-order valence-corrected chi connectivity index (χ2v) is 5.40. The molecule has 1 aromatic carbocycles. The van der Waals surface area contributed by atoms with Crippen LogP contribution in [0.15, 0.2) is 29.6 Å². The van der Waals surface area contributed by atoms with E-state index >= 15 is 0 Å². The van der Waals surface area contributed by atoms with Gasteiger partial charge in [0.2, 0.25) is 0 Å². The van der Waals surface area contributed by atoms with E-state index < -0.39 is 6.10 Å². The first-order chi connectivity index (χ1) is 8.66. The van der Waals surface area contributed by atoms with Crippen LogP contribution < -0.4 is 5.32 Å². The monoisotopic (exact) mass is 282 g/mol. The predicted octanol–water partition coefficient (Wildman–Crippen LogP) is 2.93. The lowest BCUT2D eigenvalue weighted by Crippen LogP contribution is -2.21. The van der Waals surface area contributed by atoms with E-state index in [9.17, 15) is 5.11 Å². The van der Waals surface area contributed by atoms with Crippen molar-refractivity contribution in [1.29, 1.82) is 0 Å². The van der Waals surface area contributed by atoms with E-state index in [-0.39, 0.29) is 0 Å². The largest absolute Gasteiger partial charge is 0.387 e. The van der Waals surface area contributed by atoms with E-state index in [4.69, 9.17) is 11.6 Å². The molecule has 0 spiro atoms. The Kier molecular flexibility index (Phi) is 4.72. The van der Waals surface area contributed by atoms with Gasteiger partial charge in [0, 0.05) is 34.7 Å². The Morgan fingerprint density at radius 3 is 2.89 bits per heavy atom. The molecule has 0 aliphatic carbocycles. The van der Waals surface area contributed by atoms with Gasteiger partial charge in [0.05, 0.1) is 6.10 Å². The first-order valence-electron chi connectivity index (χ1n) is 5.71. The van der Waals surface area contributed by atoms with Crippen LogP contribution >= 0.6 is 22.9 Å². The van der Waals surface area contributed by atoms with Crippen molar-refractivity contribution in [2.24, 2.45) is 0 Å². The number of nitrogens with one attached hydrogen (secondary N) is 1. The summed E-state index contributed by atoms with van der Waals surface area (Å²) in [5, 5.41) is 16.8. The summed E-state index contributed by atoms with van der Waals surface area (Å²) in [4.78, 5) is 4.35. The third kappa shape index (κ3) is 3.53. The van der Waals surface area contributed by atoms with E-state index in [1.165, 1.54) is 0 Å². The van der Waals surface area contributed by atoms with Crippen molar-refractivity contribution in [1.82, 2.24) is 10.3 Å². The van der Waals surface area contributed by atoms with Crippen molar-refractivity contribution in [2.75, 3.05) is 6.54 Å². The molecule has 0 bridgehead atoms. The number of aromatic nitrogens is 1. The van der Waals surface area contributed by atoms with Gasteiger partial charge in [-0.15, -0.1) is 11.3 Å². The Labute approximate surface area is 115 Å². The van der Waals surface area contributed by atoms with Crippen LogP contribution in [0.1, 0.15) is 22.4 Å². The molecule has 1 aromatic heterocycles. The second kappa shape index (κ2) is 6.29. The first-order valence-corrected chi connectivity index (χ1v) is 6.97. The zero-order chi connectivity index (χ0) is 13.0. The number of thiazole rings is 1. The minimum atomic E-state index is -0.597. The fourth-order valence-corrected chi connectivity index (χ4v) is 2.66. The molecule has 96 valence electrons. The van der Waals surface area contributed by atoms with Crippen LogP contribution in [0.2, 0.25) is 5.02 Å². The number of aliphatic hydroxyl groups excluding tert-OH is 1. The summed E-state index contributed by atoms with van der Waals surface area (Å²) in [6, 6.07) is 7.34. The highest BCUT2D eigenvalue weighted by molar-refractivity contribution is 7.09. The van der Waals surface area contributed by atoms with E-state index in [1.54, 1.807) is 17.4 Å². The van der Waals surface area contributed by atoms with Gasteiger partial charge in [0.25, 0.3) is 0 Å². The van der Waals surface area contributed by atoms with E-state index in [0.717, 1.165) is 16.3 Å². The molecule has 0 radical (unpaired) electrons. The summed E-state index contributed by atoms with van der Waals surface area (Å²) in [6.07, 6.45) is -0.597. The zero-order valence-electron chi connectivity index (χ0n) is 10.1. The van der Waals surface area contributed by atoms with Crippen LogP contribution in [-0.2, 0) is 6.54 Å². The Morgan fingerprint density at radius 1 is 1.44 bits per heavy atom. The molecule has 5 heteroatoms. The average Bonchev–Trinajstić information content (AvgIpc) is 2.75. The molecule has 1 unspecified atom stereocenters. The molecule has 3 nitrogen and oxygen atoms in total. The molecule has 2 rings (SSSR count). The number of nitrogens with zero attached hydrogens (tertiary/aromatic N) is 1. The molecule has 0 fully saturated rings. The molecule has 1 atom stereocenters. The third-order valence-electron chi connectivity index (χ3n) is 2.54. The standard InChI is InChI=1S/C13H15ClN2OS/c1-9-8-18-13(16-9)7-15-6-12(17)10-4-2-3-5-11(10)14/h2-5,8,12,15,17H,6-7H2,1H3. The molecule has 0 aliphatic heterocycles. The normalized spacial score (nSPS) is 12.6. The third-order valence-corrected chi connectivity index (χ3v) is 3.86. The average molecular weight is 283 g/mol.